The molecule has 3 N–H and O–H groups in total. The Morgan fingerprint density at radius 3 is 2.80 bits per heavy atom. The summed E-state index contributed by atoms with van der Waals surface area (Å²) in [5, 5.41) is 2.99. The standard InChI is InChI=1S/C15H19BrN2O2/c1-20-12-5-4-10(16)7-11(12)18-15(19)13-8-2-3-9(6-8)14(13)17/h4-5,7-9,13-14H,2-3,6,17H2,1H3,(H,18,19). The average molecular weight is 339 g/mol. The Morgan fingerprint density at radius 1 is 1.40 bits per heavy atom. The number of carbonyl (C=O) groups is 1. The molecule has 4 unspecified atom stereocenters. The van der Waals surface area contributed by atoms with Crippen LogP contribution in [0.15, 0.2) is 22.7 Å². The number of ether oxygens (including phenoxy) is 1. The number of fused-ring (bicyclic) bond motifs is 2. The van der Waals surface area contributed by atoms with Gasteiger partial charge in [-0.15, -0.1) is 0 Å². The molecular weight excluding hydrogens is 320 g/mol. The normalized spacial score (nSPS) is 31.4. The third-order valence-electron chi connectivity index (χ3n) is 4.70. The van der Waals surface area contributed by atoms with E-state index in [-0.39, 0.29) is 17.9 Å². The Morgan fingerprint density at radius 2 is 2.15 bits per heavy atom. The van der Waals surface area contributed by atoms with Crippen molar-refractivity contribution >= 4 is 27.5 Å². The number of nitrogens with one attached hydrogen (secondary N) is 1. The summed E-state index contributed by atoms with van der Waals surface area (Å²) in [5.74, 6) is 1.62. The number of benzene rings is 1. The number of rotatable bonds is 3. The SMILES string of the molecule is COc1ccc(Br)cc1NC(=O)C1C2CCC(C2)C1N. The van der Waals surface area contributed by atoms with Gasteiger partial charge in [-0.3, -0.25) is 4.79 Å². The molecule has 1 aromatic carbocycles. The van der Waals surface area contributed by atoms with E-state index in [1.807, 2.05) is 18.2 Å². The quantitative estimate of drug-likeness (QED) is 0.890. The molecule has 20 heavy (non-hydrogen) atoms. The lowest BCUT2D eigenvalue weighted by molar-refractivity contribution is -0.121. The summed E-state index contributed by atoms with van der Waals surface area (Å²) in [6.45, 7) is 0. The van der Waals surface area contributed by atoms with Crippen LogP contribution in [0.5, 0.6) is 5.75 Å². The van der Waals surface area contributed by atoms with E-state index in [4.69, 9.17) is 10.5 Å². The van der Waals surface area contributed by atoms with Crippen molar-refractivity contribution in [2.75, 3.05) is 12.4 Å². The lowest BCUT2D eigenvalue weighted by Gasteiger charge is -2.27. The van der Waals surface area contributed by atoms with Crippen molar-refractivity contribution in [2.24, 2.45) is 23.5 Å². The minimum Gasteiger partial charge on any atom is -0.495 e. The fourth-order valence-corrected chi connectivity index (χ4v) is 4.08. The number of anilines is 1. The summed E-state index contributed by atoms with van der Waals surface area (Å²) in [4.78, 5) is 12.5. The lowest BCUT2D eigenvalue weighted by atomic mass is 9.84. The van der Waals surface area contributed by atoms with Crippen LogP contribution < -0.4 is 15.8 Å². The van der Waals surface area contributed by atoms with Gasteiger partial charge in [0.15, 0.2) is 0 Å². The minimum atomic E-state index is -0.0579. The van der Waals surface area contributed by atoms with Crippen LogP contribution in [0.25, 0.3) is 0 Å². The summed E-state index contributed by atoms with van der Waals surface area (Å²) in [6, 6.07) is 5.58. The lowest BCUT2D eigenvalue weighted by Crippen LogP contribution is -2.42. The van der Waals surface area contributed by atoms with Crippen LogP contribution in [0.1, 0.15) is 19.3 Å². The fourth-order valence-electron chi connectivity index (χ4n) is 3.72. The molecular formula is C15H19BrN2O2. The van der Waals surface area contributed by atoms with Crippen molar-refractivity contribution in [1.82, 2.24) is 0 Å². The van der Waals surface area contributed by atoms with Gasteiger partial charge in [0.05, 0.1) is 18.7 Å². The van der Waals surface area contributed by atoms with Gasteiger partial charge in [-0.25, -0.2) is 0 Å². The molecule has 1 aromatic rings. The zero-order valence-corrected chi connectivity index (χ0v) is 13.0. The molecule has 1 amide bonds. The van der Waals surface area contributed by atoms with Gasteiger partial charge < -0.3 is 15.8 Å². The number of amides is 1. The molecule has 2 aliphatic carbocycles. The van der Waals surface area contributed by atoms with E-state index < -0.39 is 0 Å². The first-order valence-electron chi connectivity index (χ1n) is 7.00. The third-order valence-corrected chi connectivity index (χ3v) is 5.20. The van der Waals surface area contributed by atoms with E-state index in [0.29, 0.717) is 23.3 Å². The van der Waals surface area contributed by atoms with E-state index in [9.17, 15) is 4.79 Å². The maximum Gasteiger partial charge on any atom is 0.229 e. The van der Waals surface area contributed by atoms with Gasteiger partial charge >= 0.3 is 0 Å². The molecule has 2 fully saturated rings. The Hall–Kier alpha value is -1.07. The Balaban J connectivity index is 1.78. The molecule has 4 nitrogen and oxygen atoms in total. The molecule has 5 heteroatoms. The zero-order chi connectivity index (χ0) is 14.3. The van der Waals surface area contributed by atoms with Crippen LogP contribution in [-0.4, -0.2) is 19.1 Å². The van der Waals surface area contributed by atoms with Gasteiger partial charge in [0, 0.05) is 10.5 Å². The zero-order valence-electron chi connectivity index (χ0n) is 11.4. The van der Waals surface area contributed by atoms with Crippen LogP contribution in [0.2, 0.25) is 0 Å². The van der Waals surface area contributed by atoms with Crippen molar-refractivity contribution in [1.29, 1.82) is 0 Å². The second-order valence-corrected chi connectivity index (χ2v) is 6.69. The Labute approximate surface area is 127 Å². The number of hydrogen-bond donors (Lipinski definition) is 2. The third kappa shape index (κ3) is 2.33. The van der Waals surface area contributed by atoms with Crippen molar-refractivity contribution < 1.29 is 9.53 Å². The molecule has 0 aliphatic heterocycles. The van der Waals surface area contributed by atoms with Gasteiger partial charge in [0.25, 0.3) is 0 Å². The summed E-state index contributed by atoms with van der Waals surface area (Å²) in [7, 11) is 1.60. The van der Waals surface area contributed by atoms with Gasteiger partial charge in [-0.2, -0.15) is 0 Å². The molecule has 2 bridgehead atoms. The number of nitrogens with two attached hydrogens (primary N) is 1. The Bertz CT molecular complexity index is 533. The molecule has 108 valence electrons. The molecule has 0 heterocycles. The maximum absolute atomic E-state index is 12.5. The van der Waals surface area contributed by atoms with Gasteiger partial charge in [-0.05, 0) is 49.3 Å². The second-order valence-electron chi connectivity index (χ2n) is 5.77. The number of hydrogen-bond acceptors (Lipinski definition) is 3. The predicted octanol–water partition coefficient (Wildman–Crippen LogP) is 2.77. The van der Waals surface area contributed by atoms with E-state index >= 15 is 0 Å². The first-order valence-corrected chi connectivity index (χ1v) is 7.79. The van der Waals surface area contributed by atoms with E-state index in [1.165, 1.54) is 6.42 Å². The molecule has 2 saturated carbocycles. The van der Waals surface area contributed by atoms with E-state index in [1.54, 1.807) is 7.11 Å². The Kier molecular flexibility index (Phi) is 3.73. The number of halogens is 1. The van der Waals surface area contributed by atoms with Gasteiger partial charge in [-0.1, -0.05) is 15.9 Å². The number of carbonyl (C=O) groups excluding carboxylic acids is 1. The van der Waals surface area contributed by atoms with Crippen molar-refractivity contribution in [3.8, 4) is 5.75 Å². The van der Waals surface area contributed by atoms with Crippen LogP contribution in [0.3, 0.4) is 0 Å². The van der Waals surface area contributed by atoms with Crippen LogP contribution in [0, 0.1) is 17.8 Å². The molecule has 0 spiro atoms. The summed E-state index contributed by atoms with van der Waals surface area (Å²) >= 11 is 3.41. The predicted molar refractivity (Wildman–Crippen MR) is 81.6 cm³/mol. The molecule has 0 aromatic heterocycles. The van der Waals surface area contributed by atoms with Crippen molar-refractivity contribution in [3.63, 3.8) is 0 Å². The highest BCUT2D eigenvalue weighted by molar-refractivity contribution is 9.10. The van der Waals surface area contributed by atoms with Crippen molar-refractivity contribution in [2.45, 2.75) is 25.3 Å². The summed E-state index contributed by atoms with van der Waals surface area (Å²) in [6.07, 6.45) is 3.41. The molecule has 0 saturated heterocycles. The van der Waals surface area contributed by atoms with E-state index in [0.717, 1.165) is 17.3 Å². The molecule has 4 atom stereocenters. The minimum absolute atomic E-state index is 0.00639. The van der Waals surface area contributed by atoms with E-state index in [2.05, 4.69) is 21.2 Å². The van der Waals surface area contributed by atoms with Gasteiger partial charge in [0.1, 0.15) is 5.75 Å². The van der Waals surface area contributed by atoms with Crippen LogP contribution in [0.4, 0.5) is 5.69 Å². The summed E-state index contributed by atoms with van der Waals surface area (Å²) in [5.41, 5.74) is 6.91. The average Bonchev–Trinajstić information content (AvgIpc) is 2.99. The van der Waals surface area contributed by atoms with Gasteiger partial charge in [0.2, 0.25) is 5.91 Å². The molecule has 3 rings (SSSR count). The second kappa shape index (κ2) is 5.37. The highest BCUT2D eigenvalue weighted by Crippen LogP contribution is 2.48. The topological polar surface area (TPSA) is 64.3 Å². The first kappa shape index (κ1) is 13.9. The largest absolute Gasteiger partial charge is 0.495 e. The fraction of sp³-hybridized carbons (Fsp3) is 0.533. The number of methoxy groups -OCH3 is 1. The maximum atomic E-state index is 12.5. The smallest absolute Gasteiger partial charge is 0.229 e. The monoisotopic (exact) mass is 338 g/mol. The summed E-state index contributed by atoms with van der Waals surface area (Å²) < 4.78 is 6.19. The van der Waals surface area contributed by atoms with Crippen molar-refractivity contribution in [3.05, 3.63) is 22.7 Å². The molecule has 0 radical (unpaired) electrons. The molecule has 2 aliphatic rings. The first-order chi connectivity index (χ1) is 9.60. The highest BCUT2D eigenvalue weighted by Gasteiger charge is 2.49. The van der Waals surface area contributed by atoms with Crippen LogP contribution in [-0.2, 0) is 4.79 Å². The highest BCUT2D eigenvalue weighted by atomic mass is 79.9. The van der Waals surface area contributed by atoms with Crippen LogP contribution >= 0.6 is 15.9 Å².